The van der Waals surface area contributed by atoms with Crippen molar-refractivity contribution in [1.29, 1.82) is 0 Å². The molecular weight excluding hydrogens is 362 g/mol. The highest BCUT2D eigenvalue weighted by Gasteiger charge is 2.32. The largest absolute Gasteiger partial charge is 0.407 e. The van der Waals surface area contributed by atoms with Crippen LogP contribution in [0.2, 0.25) is 0 Å². The van der Waals surface area contributed by atoms with Crippen LogP contribution in [0.3, 0.4) is 0 Å². The normalized spacial score (nSPS) is 13.8. The average Bonchev–Trinajstić information content (AvgIpc) is 3.33. The zero-order chi connectivity index (χ0) is 17.4. The van der Waals surface area contributed by atoms with E-state index < -0.39 is 26.7 Å². The first-order valence-electron chi connectivity index (χ1n) is 7.53. The number of carbonyl (C=O) groups is 1. The summed E-state index contributed by atoms with van der Waals surface area (Å²) in [6.45, 7) is 0.470. The number of rotatable bonds is 4. The number of aromatic nitrogens is 2. The van der Waals surface area contributed by atoms with Crippen molar-refractivity contribution in [3.05, 3.63) is 47.3 Å². The molecule has 1 aliphatic heterocycles. The number of carbonyl (C=O) groups excluding carboxylic acids is 1. The van der Waals surface area contributed by atoms with Crippen LogP contribution in [0.1, 0.15) is 5.56 Å². The van der Waals surface area contributed by atoms with Gasteiger partial charge in [-0.05, 0) is 29.5 Å². The molecule has 3 aromatic rings. The highest BCUT2D eigenvalue weighted by Crippen LogP contribution is 2.28. The van der Waals surface area contributed by atoms with Crippen molar-refractivity contribution < 1.29 is 17.6 Å². The third-order valence-electron chi connectivity index (χ3n) is 3.91. The summed E-state index contributed by atoms with van der Waals surface area (Å²) in [7, 11) is -4.00. The van der Waals surface area contributed by atoms with Crippen molar-refractivity contribution >= 4 is 32.8 Å². The topological polar surface area (TPSA) is 93.4 Å². The van der Waals surface area contributed by atoms with Gasteiger partial charge < -0.3 is 9.32 Å². The highest BCUT2D eigenvalue weighted by molar-refractivity contribution is 7.91. The van der Waals surface area contributed by atoms with Gasteiger partial charge in [0, 0.05) is 12.2 Å². The Morgan fingerprint density at radius 1 is 1.20 bits per heavy atom. The standard InChI is InChI=1S/C16H13N3O4S2/c20-14(19-8-7-11-4-1-2-5-12(11)19)10-25(21,22)16-18-17-15(23-16)13-6-3-9-24-13/h1-6,9H,7-8,10H2. The molecule has 2 aromatic heterocycles. The lowest BCUT2D eigenvalue weighted by Crippen LogP contribution is -2.34. The second-order valence-electron chi connectivity index (χ2n) is 5.53. The Hall–Kier alpha value is -2.52. The van der Waals surface area contributed by atoms with Crippen molar-refractivity contribution in [2.24, 2.45) is 0 Å². The molecule has 1 aliphatic rings. The predicted octanol–water partition coefficient (Wildman–Crippen LogP) is 2.16. The monoisotopic (exact) mass is 375 g/mol. The zero-order valence-electron chi connectivity index (χ0n) is 13.0. The summed E-state index contributed by atoms with van der Waals surface area (Å²) in [5.41, 5.74) is 1.79. The van der Waals surface area contributed by atoms with Crippen LogP contribution in [0.4, 0.5) is 5.69 Å². The molecule has 1 amide bonds. The van der Waals surface area contributed by atoms with Gasteiger partial charge in [-0.15, -0.1) is 16.4 Å². The summed E-state index contributed by atoms with van der Waals surface area (Å²) in [6, 6.07) is 11.0. The number of thiophene rings is 1. The Bertz CT molecular complexity index is 1030. The van der Waals surface area contributed by atoms with E-state index in [9.17, 15) is 13.2 Å². The number of anilines is 1. The molecule has 0 saturated carbocycles. The molecule has 0 unspecified atom stereocenters. The van der Waals surface area contributed by atoms with Crippen LogP contribution in [0, 0.1) is 0 Å². The minimum atomic E-state index is -4.00. The summed E-state index contributed by atoms with van der Waals surface area (Å²) < 4.78 is 30.2. The summed E-state index contributed by atoms with van der Waals surface area (Å²) in [5, 5.41) is 8.65. The molecule has 4 rings (SSSR count). The van der Waals surface area contributed by atoms with E-state index >= 15 is 0 Å². The molecule has 0 saturated heterocycles. The molecule has 0 radical (unpaired) electrons. The molecule has 9 heteroatoms. The number of hydrogen-bond acceptors (Lipinski definition) is 7. The van der Waals surface area contributed by atoms with Gasteiger partial charge in [-0.3, -0.25) is 4.79 Å². The second kappa shape index (κ2) is 6.08. The van der Waals surface area contributed by atoms with Gasteiger partial charge >= 0.3 is 5.22 Å². The lowest BCUT2D eigenvalue weighted by Gasteiger charge is -2.16. The SMILES string of the molecule is O=C(CS(=O)(=O)c1nnc(-c2cccs2)o1)N1CCc2ccccc21. The smallest absolute Gasteiger partial charge is 0.336 e. The molecule has 128 valence electrons. The maximum Gasteiger partial charge on any atom is 0.336 e. The van der Waals surface area contributed by atoms with Gasteiger partial charge in [-0.1, -0.05) is 29.4 Å². The number of sulfone groups is 1. The van der Waals surface area contributed by atoms with Crippen LogP contribution in [0.25, 0.3) is 10.8 Å². The van der Waals surface area contributed by atoms with E-state index in [1.807, 2.05) is 29.6 Å². The van der Waals surface area contributed by atoms with E-state index in [0.717, 1.165) is 11.3 Å². The summed E-state index contributed by atoms with van der Waals surface area (Å²) in [6.07, 6.45) is 0.713. The van der Waals surface area contributed by atoms with Crippen LogP contribution in [0.5, 0.6) is 0 Å². The molecule has 0 aliphatic carbocycles. The van der Waals surface area contributed by atoms with Crippen molar-refractivity contribution in [3.63, 3.8) is 0 Å². The Morgan fingerprint density at radius 3 is 2.84 bits per heavy atom. The molecule has 7 nitrogen and oxygen atoms in total. The maximum absolute atomic E-state index is 12.5. The molecule has 0 fully saturated rings. The molecule has 25 heavy (non-hydrogen) atoms. The third kappa shape index (κ3) is 2.96. The van der Waals surface area contributed by atoms with Gasteiger partial charge in [0.15, 0.2) is 0 Å². The molecule has 3 heterocycles. The fraction of sp³-hybridized carbons (Fsp3) is 0.188. The quantitative estimate of drug-likeness (QED) is 0.694. The number of benzene rings is 1. The van der Waals surface area contributed by atoms with E-state index in [2.05, 4.69) is 10.2 Å². The number of para-hydroxylation sites is 1. The minimum Gasteiger partial charge on any atom is -0.407 e. The van der Waals surface area contributed by atoms with E-state index in [1.165, 1.54) is 16.2 Å². The van der Waals surface area contributed by atoms with Crippen molar-refractivity contribution in [3.8, 4) is 10.8 Å². The number of fused-ring (bicyclic) bond motifs is 1. The Balaban J connectivity index is 1.55. The molecule has 1 aromatic carbocycles. The van der Waals surface area contributed by atoms with Crippen LogP contribution >= 0.6 is 11.3 Å². The van der Waals surface area contributed by atoms with Crippen molar-refractivity contribution in [1.82, 2.24) is 10.2 Å². The molecule has 0 bridgehead atoms. The van der Waals surface area contributed by atoms with Gasteiger partial charge in [0.1, 0.15) is 5.75 Å². The number of hydrogen-bond donors (Lipinski definition) is 0. The van der Waals surface area contributed by atoms with Crippen molar-refractivity contribution in [2.75, 3.05) is 17.2 Å². The fourth-order valence-electron chi connectivity index (χ4n) is 2.73. The van der Waals surface area contributed by atoms with E-state index in [-0.39, 0.29) is 5.89 Å². The Labute approximate surface area is 147 Å². The predicted molar refractivity (Wildman–Crippen MR) is 92.2 cm³/mol. The molecule has 0 N–H and O–H groups in total. The van der Waals surface area contributed by atoms with Gasteiger partial charge in [0.2, 0.25) is 15.7 Å². The lowest BCUT2D eigenvalue weighted by atomic mass is 10.2. The first-order valence-corrected chi connectivity index (χ1v) is 10.1. The van der Waals surface area contributed by atoms with Gasteiger partial charge in [0.05, 0.1) is 4.88 Å². The second-order valence-corrected chi connectivity index (χ2v) is 8.35. The number of nitrogens with zero attached hydrogens (tertiary/aromatic N) is 3. The van der Waals surface area contributed by atoms with Crippen LogP contribution in [-0.4, -0.2) is 36.8 Å². The van der Waals surface area contributed by atoms with Crippen LogP contribution in [-0.2, 0) is 21.1 Å². The molecular formula is C16H13N3O4S2. The van der Waals surface area contributed by atoms with Crippen LogP contribution < -0.4 is 4.90 Å². The highest BCUT2D eigenvalue weighted by atomic mass is 32.2. The molecule has 0 spiro atoms. The number of amides is 1. The first kappa shape index (κ1) is 16.0. The van der Waals surface area contributed by atoms with Crippen LogP contribution in [0.15, 0.2) is 51.4 Å². The van der Waals surface area contributed by atoms with E-state index in [4.69, 9.17) is 4.42 Å². The first-order chi connectivity index (χ1) is 12.0. The Morgan fingerprint density at radius 2 is 2.04 bits per heavy atom. The summed E-state index contributed by atoms with van der Waals surface area (Å²) in [4.78, 5) is 14.7. The molecule has 0 atom stereocenters. The van der Waals surface area contributed by atoms with Gasteiger partial charge in [0.25, 0.3) is 5.89 Å². The Kier molecular flexibility index (Phi) is 3.89. The van der Waals surface area contributed by atoms with Crippen molar-refractivity contribution in [2.45, 2.75) is 11.6 Å². The fourth-order valence-corrected chi connectivity index (χ4v) is 4.35. The minimum absolute atomic E-state index is 0.132. The summed E-state index contributed by atoms with van der Waals surface area (Å²) >= 11 is 1.36. The maximum atomic E-state index is 12.5. The lowest BCUT2D eigenvalue weighted by molar-refractivity contribution is -0.116. The van der Waals surface area contributed by atoms with Gasteiger partial charge in [-0.2, -0.15) is 0 Å². The third-order valence-corrected chi connectivity index (χ3v) is 6.09. The average molecular weight is 375 g/mol. The summed E-state index contributed by atoms with van der Waals surface area (Å²) in [5.74, 6) is -1.07. The van der Waals surface area contributed by atoms with Gasteiger partial charge in [-0.25, -0.2) is 8.42 Å². The van der Waals surface area contributed by atoms with E-state index in [0.29, 0.717) is 17.8 Å². The van der Waals surface area contributed by atoms with E-state index in [1.54, 1.807) is 12.1 Å². The zero-order valence-corrected chi connectivity index (χ0v) is 14.6.